The van der Waals surface area contributed by atoms with E-state index < -0.39 is 41.8 Å². The van der Waals surface area contributed by atoms with Crippen LogP contribution in [0.4, 0.5) is 0 Å². The summed E-state index contributed by atoms with van der Waals surface area (Å²) in [4.78, 5) is 25.4. The summed E-state index contributed by atoms with van der Waals surface area (Å²) in [7, 11) is 0. The van der Waals surface area contributed by atoms with Gasteiger partial charge < -0.3 is 23.7 Å². The Morgan fingerprint density at radius 1 is 0.744 bits per heavy atom. The minimum atomic E-state index is -0.919. The largest absolute Gasteiger partial charge is 0.456 e. The molecule has 0 unspecified atom stereocenters. The number of ether oxygens (including phenoxy) is 5. The molecule has 0 saturated carbocycles. The lowest BCUT2D eigenvalue weighted by Crippen LogP contribution is -2.61. The van der Waals surface area contributed by atoms with Gasteiger partial charge in [-0.15, -0.1) is 0 Å². The molecule has 1 fully saturated rings. The molecule has 1 saturated heterocycles. The molecule has 0 radical (unpaired) electrons. The van der Waals surface area contributed by atoms with Crippen LogP contribution in [0, 0.1) is 6.92 Å². The molecule has 7 nitrogen and oxygen atoms in total. The summed E-state index contributed by atoms with van der Waals surface area (Å²) in [6.07, 6.45) is -3.24. The van der Waals surface area contributed by atoms with Crippen molar-refractivity contribution in [2.24, 2.45) is 0 Å². The summed E-state index contributed by atoms with van der Waals surface area (Å²) >= 11 is 1.47. The van der Waals surface area contributed by atoms with Gasteiger partial charge >= 0.3 is 11.9 Å². The van der Waals surface area contributed by atoms with Gasteiger partial charge in [0.15, 0.2) is 12.2 Å². The number of carbonyl (C=O) groups excluding carboxylic acids is 2. The molecule has 1 aliphatic rings. The number of rotatable bonds is 11. The number of hydrogen-bond donors (Lipinski definition) is 0. The number of hydrogen-bond acceptors (Lipinski definition) is 8. The number of thioether (sulfide) groups is 1. The van der Waals surface area contributed by atoms with Gasteiger partial charge in [0.1, 0.15) is 17.6 Å². The fourth-order valence-electron chi connectivity index (χ4n) is 4.33. The van der Waals surface area contributed by atoms with E-state index in [1.165, 1.54) is 25.6 Å². The molecule has 3 aromatic carbocycles. The zero-order valence-corrected chi connectivity index (χ0v) is 23.2. The van der Waals surface area contributed by atoms with Crippen LogP contribution in [0.15, 0.2) is 89.8 Å². The van der Waals surface area contributed by atoms with Crippen molar-refractivity contribution in [1.82, 2.24) is 0 Å². The van der Waals surface area contributed by atoms with Crippen molar-refractivity contribution in [2.75, 3.05) is 6.61 Å². The van der Waals surface area contributed by atoms with Gasteiger partial charge in [-0.3, -0.25) is 9.59 Å². The fraction of sp³-hybridized carbons (Fsp3) is 0.355. The molecule has 0 aromatic heterocycles. The quantitative estimate of drug-likeness (QED) is 0.291. The van der Waals surface area contributed by atoms with Gasteiger partial charge in [-0.25, -0.2) is 0 Å². The van der Waals surface area contributed by atoms with Crippen LogP contribution in [-0.2, 0) is 46.5 Å². The number of benzene rings is 3. The van der Waals surface area contributed by atoms with Crippen LogP contribution in [0.25, 0.3) is 0 Å². The van der Waals surface area contributed by atoms with Gasteiger partial charge in [-0.2, -0.15) is 0 Å². The van der Waals surface area contributed by atoms with E-state index in [1.807, 2.05) is 91.9 Å². The van der Waals surface area contributed by atoms with Gasteiger partial charge in [0.25, 0.3) is 0 Å². The second-order valence-electron chi connectivity index (χ2n) is 9.38. The second-order valence-corrected chi connectivity index (χ2v) is 10.6. The molecule has 0 bridgehead atoms. The molecule has 0 spiro atoms. The van der Waals surface area contributed by atoms with E-state index in [0.717, 1.165) is 21.6 Å². The lowest BCUT2D eigenvalue weighted by molar-refractivity contribution is -0.242. The van der Waals surface area contributed by atoms with E-state index >= 15 is 0 Å². The molecule has 5 atom stereocenters. The molecule has 0 aliphatic carbocycles. The molecule has 8 heteroatoms. The highest BCUT2D eigenvalue weighted by Crippen LogP contribution is 2.38. The molecular formula is C31H34O7S. The predicted molar refractivity (Wildman–Crippen MR) is 148 cm³/mol. The maximum absolute atomic E-state index is 12.3. The first-order valence-corrected chi connectivity index (χ1v) is 13.8. The van der Waals surface area contributed by atoms with Crippen LogP contribution in [-0.4, -0.2) is 48.4 Å². The van der Waals surface area contributed by atoms with Crippen LogP contribution in [0.5, 0.6) is 0 Å². The molecule has 0 N–H and O–H groups in total. The van der Waals surface area contributed by atoms with Crippen molar-refractivity contribution in [2.45, 2.75) is 68.7 Å². The second kappa shape index (κ2) is 14.3. The molecular weight excluding hydrogens is 516 g/mol. The van der Waals surface area contributed by atoms with Crippen LogP contribution >= 0.6 is 11.8 Å². The number of aryl methyl sites for hydroxylation is 1. The maximum atomic E-state index is 12.3. The Balaban J connectivity index is 1.61. The Bertz CT molecular complexity index is 1190. The van der Waals surface area contributed by atoms with Crippen molar-refractivity contribution in [3.05, 3.63) is 102 Å². The Morgan fingerprint density at radius 2 is 1.31 bits per heavy atom. The van der Waals surface area contributed by atoms with E-state index in [0.29, 0.717) is 6.61 Å². The number of esters is 2. The fourth-order valence-corrected chi connectivity index (χ4v) is 5.46. The maximum Gasteiger partial charge on any atom is 0.303 e. The van der Waals surface area contributed by atoms with E-state index in [4.69, 9.17) is 23.7 Å². The zero-order valence-electron chi connectivity index (χ0n) is 22.4. The normalized spacial score (nSPS) is 22.7. The Kier molecular flexibility index (Phi) is 10.6. The van der Waals surface area contributed by atoms with Crippen molar-refractivity contribution in [1.29, 1.82) is 0 Å². The van der Waals surface area contributed by atoms with Crippen LogP contribution in [0.3, 0.4) is 0 Å². The lowest BCUT2D eigenvalue weighted by atomic mass is 9.99. The van der Waals surface area contributed by atoms with Crippen LogP contribution in [0.1, 0.15) is 30.5 Å². The van der Waals surface area contributed by atoms with Crippen molar-refractivity contribution in [3.63, 3.8) is 0 Å². The third kappa shape index (κ3) is 8.66. The van der Waals surface area contributed by atoms with Gasteiger partial charge in [0.2, 0.25) is 0 Å². The minimum Gasteiger partial charge on any atom is -0.456 e. The smallest absolute Gasteiger partial charge is 0.303 e. The highest BCUT2D eigenvalue weighted by atomic mass is 32.2. The molecule has 206 valence electrons. The minimum absolute atomic E-state index is 0.126. The summed E-state index contributed by atoms with van der Waals surface area (Å²) in [5, 5.41) is 0. The Morgan fingerprint density at radius 3 is 1.90 bits per heavy atom. The van der Waals surface area contributed by atoms with E-state index in [2.05, 4.69) is 0 Å². The van der Waals surface area contributed by atoms with Gasteiger partial charge in [-0.1, -0.05) is 90.1 Å². The first-order valence-electron chi connectivity index (χ1n) is 12.9. The average molecular weight is 551 g/mol. The summed E-state index contributed by atoms with van der Waals surface area (Å²) in [5.41, 5.74) is 2.53. The zero-order chi connectivity index (χ0) is 27.6. The van der Waals surface area contributed by atoms with Crippen LogP contribution < -0.4 is 0 Å². The SMILES string of the molecule is CC(=O)O[C@H]1[C@@H](OC(C)=O)[C@@H](COCc2ccccc2)O[C@@H](Sc2ccc(C)cc2)[C@@H]1OCc1ccccc1. The Labute approximate surface area is 233 Å². The molecule has 39 heavy (non-hydrogen) atoms. The highest BCUT2D eigenvalue weighted by molar-refractivity contribution is 7.99. The topological polar surface area (TPSA) is 80.3 Å². The molecule has 1 heterocycles. The first kappa shape index (κ1) is 28.8. The van der Waals surface area contributed by atoms with E-state index in [-0.39, 0.29) is 13.2 Å². The van der Waals surface area contributed by atoms with E-state index in [9.17, 15) is 9.59 Å². The van der Waals surface area contributed by atoms with Gasteiger partial charge in [0.05, 0.1) is 19.8 Å². The first-order chi connectivity index (χ1) is 18.9. The van der Waals surface area contributed by atoms with E-state index in [1.54, 1.807) is 0 Å². The van der Waals surface area contributed by atoms with Crippen molar-refractivity contribution < 1.29 is 33.3 Å². The summed E-state index contributed by atoms with van der Waals surface area (Å²) in [6, 6.07) is 27.5. The molecule has 3 aromatic rings. The summed E-state index contributed by atoms with van der Waals surface area (Å²) < 4.78 is 30.4. The Hall–Kier alpha value is -3.17. The summed E-state index contributed by atoms with van der Waals surface area (Å²) in [6.45, 7) is 5.42. The van der Waals surface area contributed by atoms with Gasteiger partial charge in [-0.05, 0) is 30.2 Å². The average Bonchev–Trinajstić information content (AvgIpc) is 2.92. The number of carbonyl (C=O) groups is 2. The highest BCUT2D eigenvalue weighted by Gasteiger charge is 2.51. The summed E-state index contributed by atoms with van der Waals surface area (Å²) in [5.74, 6) is -1.02. The standard InChI is InChI=1S/C31H34O7S/c1-21-14-16-26(17-15-21)39-31-30(35-19-25-12-8-5-9-13-25)29(37-23(3)33)28(36-22(2)32)27(38-31)20-34-18-24-10-6-4-7-11-24/h4-17,27-31H,18-20H2,1-3H3/t27-,28+,29+,30-,31+/m1/s1. The predicted octanol–water partition coefficient (Wildman–Crippen LogP) is 5.48. The molecule has 0 amide bonds. The van der Waals surface area contributed by atoms with Gasteiger partial charge in [0, 0.05) is 18.7 Å². The monoisotopic (exact) mass is 550 g/mol. The van der Waals surface area contributed by atoms with Crippen molar-refractivity contribution in [3.8, 4) is 0 Å². The third-order valence-electron chi connectivity index (χ3n) is 6.15. The van der Waals surface area contributed by atoms with Crippen molar-refractivity contribution >= 4 is 23.7 Å². The lowest BCUT2D eigenvalue weighted by Gasteiger charge is -2.44. The molecule has 1 aliphatic heterocycles. The molecule has 4 rings (SSSR count). The third-order valence-corrected chi connectivity index (χ3v) is 7.30. The van der Waals surface area contributed by atoms with Crippen LogP contribution in [0.2, 0.25) is 0 Å².